The van der Waals surface area contributed by atoms with E-state index < -0.39 is 6.10 Å². The minimum absolute atomic E-state index is 0.236. The number of hydrogen-bond acceptors (Lipinski definition) is 4. The molecular formula is C16H18N2O3. The van der Waals surface area contributed by atoms with Crippen LogP contribution in [0.5, 0.6) is 11.5 Å². The van der Waals surface area contributed by atoms with Gasteiger partial charge in [-0.3, -0.25) is 4.79 Å². The third-order valence-electron chi connectivity index (χ3n) is 2.90. The average molecular weight is 286 g/mol. The lowest BCUT2D eigenvalue weighted by Crippen LogP contribution is -2.30. The fourth-order valence-corrected chi connectivity index (χ4v) is 1.79. The summed E-state index contributed by atoms with van der Waals surface area (Å²) in [5, 5.41) is 2.78. The van der Waals surface area contributed by atoms with Crippen molar-refractivity contribution in [1.29, 1.82) is 0 Å². The minimum atomic E-state index is -0.664. The second kappa shape index (κ2) is 6.65. The molecule has 2 aromatic carbocycles. The van der Waals surface area contributed by atoms with Gasteiger partial charge in [-0.05, 0) is 31.2 Å². The molecule has 5 heteroatoms. The van der Waals surface area contributed by atoms with Crippen molar-refractivity contribution in [1.82, 2.24) is 0 Å². The van der Waals surface area contributed by atoms with E-state index in [1.54, 1.807) is 25.1 Å². The molecule has 0 spiro atoms. The molecule has 0 fully saturated rings. The van der Waals surface area contributed by atoms with Crippen LogP contribution in [0.25, 0.3) is 0 Å². The van der Waals surface area contributed by atoms with Gasteiger partial charge in [-0.1, -0.05) is 18.2 Å². The molecule has 1 amide bonds. The van der Waals surface area contributed by atoms with Crippen molar-refractivity contribution < 1.29 is 14.3 Å². The van der Waals surface area contributed by atoms with Crippen LogP contribution >= 0.6 is 0 Å². The molecule has 0 saturated heterocycles. The number of nitrogen functional groups attached to an aromatic ring is 1. The molecule has 0 aliphatic heterocycles. The second-order valence-corrected chi connectivity index (χ2v) is 4.53. The SMILES string of the molecule is COc1cc(N)ccc1OC(C)C(=O)Nc1ccccc1. The maximum atomic E-state index is 12.1. The number of nitrogens with one attached hydrogen (secondary N) is 1. The summed E-state index contributed by atoms with van der Waals surface area (Å²) in [6.45, 7) is 1.67. The first-order valence-electron chi connectivity index (χ1n) is 6.56. The van der Waals surface area contributed by atoms with E-state index in [1.165, 1.54) is 7.11 Å². The molecule has 110 valence electrons. The van der Waals surface area contributed by atoms with Gasteiger partial charge < -0.3 is 20.5 Å². The molecular weight excluding hydrogens is 268 g/mol. The Morgan fingerprint density at radius 3 is 2.52 bits per heavy atom. The van der Waals surface area contributed by atoms with Crippen molar-refractivity contribution in [3.05, 3.63) is 48.5 Å². The van der Waals surface area contributed by atoms with Gasteiger partial charge in [0.05, 0.1) is 7.11 Å². The van der Waals surface area contributed by atoms with Gasteiger partial charge in [0.15, 0.2) is 17.6 Å². The smallest absolute Gasteiger partial charge is 0.265 e. The number of methoxy groups -OCH3 is 1. The molecule has 0 aliphatic carbocycles. The number of amides is 1. The highest BCUT2D eigenvalue weighted by Crippen LogP contribution is 2.29. The number of rotatable bonds is 5. The molecule has 0 radical (unpaired) electrons. The lowest BCUT2D eigenvalue weighted by atomic mass is 10.2. The van der Waals surface area contributed by atoms with Crippen molar-refractivity contribution >= 4 is 17.3 Å². The van der Waals surface area contributed by atoms with E-state index in [9.17, 15) is 4.79 Å². The van der Waals surface area contributed by atoms with Gasteiger partial charge in [0.1, 0.15) is 0 Å². The van der Waals surface area contributed by atoms with Gasteiger partial charge in [0, 0.05) is 17.4 Å². The van der Waals surface area contributed by atoms with Gasteiger partial charge in [0.25, 0.3) is 5.91 Å². The van der Waals surface area contributed by atoms with Crippen LogP contribution < -0.4 is 20.5 Å². The summed E-state index contributed by atoms with van der Waals surface area (Å²) in [5.41, 5.74) is 6.98. The van der Waals surface area contributed by atoms with Crippen molar-refractivity contribution in [2.75, 3.05) is 18.2 Å². The van der Waals surface area contributed by atoms with Crippen molar-refractivity contribution in [3.63, 3.8) is 0 Å². The maximum absolute atomic E-state index is 12.1. The molecule has 5 nitrogen and oxygen atoms in total. The summed E-state index contributed by atoms with van der Waals surface area (Å²) >= 11 is 0. The van der Waals surface area contributed by atoms with E-state index in [-0.39, 0.29) is 5.91 Å². The summed E-state index contributed by atoms with van der Waals surface area (Å²) < 4.78 is 10.8. The maximum Gasteiger partial charge on any atom is 0.265 e. The first kappa shape index (κ1) is 14.7. The highest BCUT2D eigenvalue weighted by atomic mass is 16.5. The van der Waals surface area contributed by atoms with Crippen LogP contribution in [-0.2, 0) is 4.79 Å². The molecule has 1 atom stereocenters. The Kier molecular flexibility index (Phi) is 4.66. The molecule has 2 aromatic rings. The van der Waals surface area contributed by atoms with Crippen LogP contribution in [-0.4, -0.2) is 19.1 Å². The quantitative estimate of drug-likeness (QED) is 0.829. The largest absolute Gasteiger partial charge is 0.493 e. The van der Waals surface area contributed by atoms with Gasteiger partial charge in [-0.15, -0.1) is 0 Å². The van der Waals surface area contributed by atoms with Gasteiger partial charge >= 0.3 is 0 Å². The summed E-state index contributed by atoms with van der Waals surface area (Å²) in [7, 11) is 1.52. The number of benzene rings is 2. The fraction of sp³-hybridized carbons (Fsp3) is 0.188. The zero-order chi connectivity index (χ0) is 15.2. The van der Waals surface area contributed by atoms with E-state index in [4.69, 9.17) is 15.2 Å². The van der Waals surface area contributed by atoms with Gasteiger partial charge in [-0.25, -0.2) is 0 Å². The summed E-state index contributed by atoms with van der Waals surface area (Å²) in [6, 6.07) is 14.2. The number of hydrogen-bond donors (Lipinski definition) is 2. The van der Waals surface area contributed by atoms with Crippen LogP contribution in [0.15, 0.2) is 48.5 Å². The standard InChI is InChI=1S/C16H18N2O3/c1-11(16(19)18-13-6-4-3-5-7-13)21-14-9-8-12(17)10-15(14)20-2/h3-11H,17H2,1-2H3,(H,18,19). The predicted molar refractivity (Wildman–Crippen MR) is 82.6 cm³/mol. The number of carbonyl (C=O) groups is 1. The van der Waals surface area contributed by atoms with E-state index in [0.29, 0.717) is 17.2 Å². The second-order valence-electron chi connectivity index (χ2n) is 4.53. The van der Waals surface area contributed by atoms with E-state index in [1.807, 2.05) is 30.3 Å². The van der Waals surface area contributed by atoms with Gasteiger partial charge in [0.2, 0.25) is 0 Å². The number of ether oxygens (including phenoxy) is 2. The van der Waals surface area contributed by atoms with Crippen LogP contribution in [0.2, 0.25) is 0 Å². The minimum Gasteiger partial charge on any atom is -0.493 e. The molecule has 0 aromatic heterocycles. The summed E-state index contributed by atoms with van der Waals surface area (Å²) in [5.74, 6) is 0.733. The number of carbonyl (C=O) groups excluding carboxylic acids is 1. The zero-order valence-electron chi connectivity index (χ0n) is 12.0. The van der Waals surface area contributed by atoms with Crippen LogP contribution in [0.4, 0.5) is 11.4 Å². The number of anilines is 2. The lowest BCUT2D eigenvalue weighted by Gasteiger charge is -2.17. The summed E-state index contributed by atoms with van der Waals surface area (Å²) in [4.78, 5) is 12.1. The lowest BCUT2D eigenvalue weighted by molar-refractivity contribution is -0.122. The van der Waals surface area contributed by atoms with E-state index in [0.717, 1.165) is 5.69 Å². The van der Waals surface area contributed by atoms with Crippen molar-refractivity contribution in [2.24, 2.45) is 0 Å². The molecule has 0 aliphatic rings. The molecule has 1 unspecified atom stereocenters. The van der Waals surface area contributed by atoms with E-state index >= 15 is 0 Å². The highest BCUT2D eigenvalue weighted by Gasteiger charge is 2.17. The molecule has 21 heavy (non-hydrogen) atoms. The Morgan fingerprint density at radius 2 is 1.86 bits per heavy atom. The fourth-order valence-electron chi connectivity index (χ4n) is 1.79. The molecule has 0 heterocycles. The highest BCUT2D eigenvalue weighted by molar-refractivity contribution is 5.94. The van der Waals surface area contributed by atoms with Crippen LogP contribution in [0.1, 0.15) is 6.92 Å². The topological polar surface area (TPSA) is 73.6 Å². The third-order valence-corrected chi connectivity index (χ3v) is 2.90. The Hall–Kier alpha value is -2.69. The first-order valence-corrected chi connectivity index (χ1v) is 6.56. The summed E-state index contributed by atoms with van der Waals surface area (Å²) in [6.07, 6.45) is -0.664. The van der Waals surface area contributed by atoms with Crippen molar-refractivity contribution in [2.45, 2.75) is 13.0 Å². The van der Waals surface area contributed by atoms with E-state index in [2.05, 4.69) is 5.32 Å². The normalized spacial score (nSPS) is 11.5. The molecule has 0 saturated carbocycles. The zero-order valence-corrected chi connectivity index (χ0v) is 12.0. The monoisotopic (exact) mass is 286 g/mol. The Bertz CT molecular complexity index is 614. The van der Waals surface area contributed by atoms with Crippen LogP contribution in [0.3, 0.4) is 0 Å². The Balaban J connectivity index is 2.04. The number of para-hydroxylation sites is 1. The molecule has 2 rings (SSSR count). The first-order chi connectivity index (χ1) is 10.1. The Labute approximate surface area is 123 Å². The number of nitrogens with two attached hydrogens (primary N) is 1. The average Bonchev–Trinajstić information content (AvgIpc) is 2.49. The molecule has 0 bridgehead atoms. The predicted octanol–water partition coefficient (Wildman–Crippen LogP) is 2.68. The van der Waals surface area contributed by atoms with Gasteiger partial charge in [-0.2, -0.15) is 0 Å². The van der Waals surface area contributed by atoms with Crippen LogP contribution in [0, 0.1) is 0 Å². The third kappa shape index (κ3) is 3.89. The molecule has 3 N–H and O–H groups in total. The Morgan fingerprint density at radius 1 is 1.14 bits per heavy atom. The van der Waals surface area contributed by atoms with Crippen molar-refractivity contribution in [3.8, 4) is 11.5 Å².